The number of benzene rings is 2. The molecule has 0 N–H and O–H groups in total. The van der Waals surface area contributed by atoms with E-state index in [4.69, 9.17) is 0 Å². The Morgan fingerprint density at radius 1 is 1.08 bits per heavy atom. The Labute approximate surface area is 152 Å². The van der Waals surface area contributed by atoms with Crippen LogP contribution in [-0.4, -0.2) is 18.9 Å². The molecule has 1 aromatic heterocycles. The molecule has 0 atom stereocenters. The van der Waals surface area contributed by atoms with E-state index < -0.39 is 15.6 Å². The van der Waals surface area contributed by atoms with Crippen molar-refractivity contribution in [3.05, 3.63) is 46.0 Å². The van der Waals surface area contributed by atoms with Crippen LogP contribution in [0.1, 0.15) is 0 Å². The van der Waals surface area contributed by atoms with Gasteiger partial charge in [-0.15, -0.1) is 11.3 Å². The lowest BCUT2D eigenvalue weighted by atomic mass is 10.2. The van der Waals surface area contributed by atoms with Crippen LogP contribution in [0, 0.1) is 3.57 Å². The number of alkyl halides is 3. The fourth-order valence-electron chi connectivity index (χ4n) is 1.88. The summed E-state index contributed by atoms with van der Waals surface area (Å²) in [4.78, 5) is 4.42. The van der Waals surface area contributed by atoms with Crippen molar-refractivity contribution in [2.24, 2.45) is 0 Å². The van der Waals surface area contributed by atoms with Gasteiger partial charge in [-0.1, -0.05) is 30.3 Å². The van der Waals surface area contributed by atoms with E-state index in [0.29, 0.717) is 15.2 Å². The predicted octanol–water partition coefficient (Wildman–Crippen LogP) is 4.80. The highest BCUT2D eigenvalue weighted by Crippen LogP contribution is 2.38. The first-order valence-corrected chi connectivity index (χ1v) is 9.64. The van der Waals surface area contributed by atoms with Crippen LogP contribution in [0.5, 0.6) is 5.75 Å². The van der Waals surface area contributed by atoms with Gasteiger partial charge in [-0.3, -0.25) is 0 Å². The van der Waals surface area contributed by atoms with E-state index in [2.05, 4.69) is 9.17 Å². The Kier molecular flexibility index (Phi) is 4.47. The minimum absolute atomic E-state index is 0.262. The summed E-state index contributed by atoms with van der Waals surface area (Å²) in [6, 6.07) is 11.9. The number of hydrogen-bond acceptors (Lipinski definition) is 5. The van der Waals surface area contributed by atoms with Crippen molar-refractivity contribution in [1.29, 1.82) is 0 Å². The second kappa shape index (κ2) is 6.15. The van der Waals surface area contributed by atoms with Gasteiger partial charge in [0.15, 0.2) is 5.75 Å². The molecule has 1 heterocycles. The van der Waals surface area contributed by atoms with E-state index >= 15 is 0 Å². The number of halogens is 4. The molecule has 0 aliphatic heterocycles. The lowest BCUT2D eigenvalue weighted by molar-refractivity contribution is -0.0500. The number of rotatable bonds is 3. The maximum Gasteiger partial charge on any atom is 0.534 e. The molecule has 0 aliphatic carbocycles. The Morgan fingerprint density at radius 2 is 1.75 bits per heavy atom. The minimum atomic E-state index is -5.71. The van der Waals surface area contributed by atoms with Crippen molar-refractivity contribution >= 4 is 54.3 Å². The summed E-state index contributed by atoms with van der Waals surface area (Å²) in [6.45, 7) is 0. The molecule has 4 nitrogen and oxygen atoms in total. The molecule has 2 aromatic carbocycles. The molecule has 3 rings (SSSR count). The molecule has 0 unspecified atom stereocenters. The third-order valence-corrected chi connectivity index (χ3v) is 6.51. The molecule has 126 valence electrons. The monoisotopic (exact) mass is 485 g/mol. The van der Waals surface area contributed by atoms with Crippen LogP contribution >= 0.6 is 33.9 Å². The first-order valence-electron chi connectivity index (χ1n) is 6.34. The molecule has 0 spiro atoms. The molecule has 10 heteroatoms. The normalized spacial score (nSPS) is 12.5. The number of nitrogens with zero attached hydrogens (tertiary/aromatic N) is 1. The molecule has 0 aliphatic rings. The van der Waals surface area contributed by atoms with Gasteiger partial charge < -0.3 is 4.18 Å². The topological polar surface area (TPSA) is 56.3 Å². The average Bonchev–Trinajstić information content (AvgIpc) is 2.95. The second-order valence-electron chi connectivity index (χ2n) is 4.59. The maximum absolute atomic E-state index is 12.5. The average molecular weight is 485 g/mol. The first-order chi connectivity index (χ1) is 11.2. The summed E-state index contributed by atoms with van der Waals surface area (Å²) >= 11 is 3.00. The van der Waals surface area contributed by atoms with Gasteiger partial charge in [-0.2, -0.15) is 21.6 Å². The number of thiazole rings is 1. The van der Waals surface area contributed by atoms with Gasteiger partial charge in [-0.05, 0) is 34.7 Å². The van der Waals surface area contributed by atoms with Gasteiger partial charge in [0.1, 0.15) is 5.01 Å². The Bertz CT molecular complexity index is 1000. The lowest BCUT2D eigenvalue weighted by Gasteiger charge is -2.10. The van der Waals surface area contributed by atoms with E-state index in [1.807, 2.05) is 30.3 Å². The third-order valence-electron chi connectivity index (χ3n) is 2.97. The van der Waals surface area contributed by atoms with Crippen LogP contribution in [0.25, 0.3) is 20.8 Å². The quantitative estimate of drug-likeness (QED) is 0.304. The fourth-order valence-corrected chi connectivity index (χ4v) is 4.39. The molecular formula is C14H7F3INO3S2. The zero-order chi connectivity index (χ0) is 17.5. The SMILES string of the molecule is O=S(=O)(Oc1ccc2nc(-c3ccccc3)sc2c1I)C(F)(F)F. The van der Waals surface area contributed by atoms with Crippen LogP contribution in [0.15, 0.2) is 42.5 Å². The van der Waals surface area contributed by atoms with Crippen molar-refractivity contribution in [2.45, 2.75) is 5.51 Å². The van der Waals surface area contributed by atoms with Crippen LogP contribution in [-0.2, 0) is 10.1 Å². The lowest BCUT2D eigenvalue weighted by Crippen LogP contribution is -2.28. The van der Waals surface area contributed by atoms with Crippen molar-refractivity contribution in [1.82, 2.24) is 4.98 Å². The summed E-state index contributed by atoms with van der Waals surface area (Å²) in [5.41, 5.74) is -4.06. The van der Waals surface area contributed by atoms with Gasteiger partial charge >= 0.3 is 15.6 Å². The highest BCUT2D eigenvalue weighted by Gasteiger charge is 2.48. The van der Waals surface area contributed by atoms with Crippen molar-refractivity contribution in [3.8, 4) is 16.3 Å². The smallest absolute Gasteiger partial charge is 0.375 e. The van der Waals surface area contributed by atoms with Crippen LogP contribution in [0.3, 0.4) is 0 Å². The zero-order valence-corrected chi connectivity index (χ0v) is 15.3. The molecule has 0 saturated heterocycles. The molecule has 3 aromatic rings. The van der Waals surface area contributed by atoms with Gasteiger partial charge in [0.2, 0.25) is 0 Å². The number of fused-ring (bicyclic) bond motifs is 1. The summed E-state index contributed by atoms with van der Waals surface area (Å²) in [7, 11) is -5.71. The van der Waals surface area contributed by atoms with Gasteiger partial charge in [0, 0.05) is 5.56 Å². The summed E-state index contributed by atoms with van der Waals surface area (Å²) < 4.78 is 64.8. The fraction of sp³-hybridized carbons (Fsp3) is 0.0714. The molecule has 0 bridgehead atoms. The number of hydrogen-bond donors (Lipinski definition) is 0. The van der Waals surface area contributed by atoms with E-state index in [9.17, 15) is 21.6 Å². The van der Waals surface area contributed by atoms with Gasteiger partial charge in [0.25, 0.3) is 0 Å². The Balaban J connectivity index is 2.06. The molecular weight excluding hydrogens is 478 g/mol. The van der Waals surface area contributed by atoms with Gasteiger partial charge in [0.05, 0.1) is 13.8 Å². The molecule has 0 amide bonds. The first kappa shape index (κ1) is 17.4. The second-order valence-corrected chi connectivity index (χ2v) is 8.21. The van der Waals surface area contributed by atoms with Crippen molar-refractivity contribution in [3.63, 3.8) is 0 Å². The van der Waals surface area contributed by atoms with Crippen LogP contribution < -0.4 is 4.18 Å². The predicted molar refractivity (Wildman–Crippen MR) is 93.4 cm³/mol. The van der Waals surface area contributed by atoms with Crippen molar-refractivity contribution < 1.29 is 25.8 Å². The summed E-state index contributed by atoms with van der Waals surface area (Å²) in [6.07, 6.45) is 0. The highest BCUT2D eigenvalue weighted by molar-refractivity contribution is 14.1. The standard InChI is InChI=1S/C14H7F3INO3S2/c15-14(16,17)24(20,21)22-10-7-6-9-12(11(10)18)23-13(19-9)8-4-2-1-3-5-8/h1-7H. The molecule has 0 saturated carbocycles. The maximum atomic E-state index is 12.5. The molecule has 0 radical (unpaired) electrons. The zero-order valence-electron chi connectivity index (χ0n) is 11.5. The van der Waals surface area contributed by atoms with Crippen molar-refractivity contribution in [2.75, 3.05) is 0 Å². The Hall–Kier alpha value is -1.40. The van der Waals surface area contributed by atoms with E-state index in [0.717, 1.165) is 5.56 Å². The minimum Gasteiger partial charge on any atom is -0.375 e. The van der Waals surface area contributed by atoms with E-state index in [-0.39, 0.29) is 9.32 Å². The van der Waals surface area contributed by atoms with Gasteiger partial charge in [-0.25, -0.2) is 4.98 Å². The summed E-state index contributed by atoms with van der Waals surface area (Å²) in [5.74, 6) is -0.372. The van der Waals surface area contributed by atoms with E-state index in [1.54, 1.807) is 22.6 Å². The van der Waals surface area contributed by atoms with Crippen LogP contribution in [0.2, 0.25) is 0 Å². The van der Waals surface area contributed by atoms with Crippen LogP contribution in [0.4, 0.5) is 13.2 Å². The summed E-state index contributed by atoms with van der Waals surface area (Å²) in [5, 5.41) is 0.680. The Morgan fingerprint density at radius 3 is 2.38 bits per heavy atom. The largest absolute Gasteiger partial charge is 0.534 e. The molecule has 24 heavy (non-hydrogen) atoms. The van der Waals surface area contributed by atoms with E-state index in [1.165, 1.54) is 23.5 Å². The molecule has 0 fully saturated rings. The highest BCUT2D eigenvalue weighted by atomic mass is 127. The number of aromatic nitrogens is 1. The third kappa shape index (κ3) is 3.22.